The Morgan fingerprint density at radius 3 is 2.47 bits per heavy atom. The fraction of sp³-hybridized carbons (Fsp3) is 0.259. The zero-order valence-corrected chi connectivity index (χ0v) is 20.1. The van der Waals surface area contributed by atoms with Gasteiger partial charge in [-0.2, -0.15) is 18.4 Å². The Labute approximate surface area is 216 Å². The molecule has 1 heterocycles. The third-order valence-corrected chi connectivity index (χ3v) is 6.18. The Kier molecular flexibility index (Phi) is 7.93. The molecule has 0 saturated carbocycles. The normalized spacial score (nSPS) is 17.5. The highest BCUT2D eigenvalue weighted by atomic mass is 19.4. The Hall–Kier alpha value is -4.43. The van der Waals surface area contributed by atoms with Crippen LogP contribution in [-0.2, 0) is 15.7 Å². The Morgan fingerprint density at radius 2 is 1.84 bits per heavy atom. The number of hydrogen-bond acceptors (Lipinski definition) is 6. The van der Waals surface area contributed by atoms with E-state index in [2.05, 4.69) is 10.2 Å². The van der Waals surface area contributed by atoms with Crippen molar-refractivity contribution in [1.29, 1.82) is 5.26 Å². The first-order valence-electron chi connectivity index (χ1n) is 11.8. The summed E-state index contributed by atoms with van der Waals surface area (Å²) in [5, 5.41) is 23.1. The molecular formula is C27H23F3N4O4. The van der Waals surface area contributed by atoms with Crippen LogP contribution in [0.25, 0.3) is 6.08 Å². The van der Waals surface area contributed by atoms with Crippen LogP contribution in [0.4, 0.5) is 24.5 Å². The number of morpholine rings is 1. The molecule has 1 aliphatic carbocycles. The predicted molar refractivity (Wildman–Crippen MR) is 133 cm³/mol. The summed E-state index contributed by atoms with van der Waals surface area (Å²) in [4.78, 5) is 25.4. The summed E-state index contributed by atoms with van der Waals surface area (Å²) < 4.78 is 44.6. The summed E-state index contributed by atoms with van der Waals surface area (Å²) in [5.41, 5.74) is 2.08. The molecule has 1 N–H and O–H groups in total. The van der Waals surface area contributed by atoms with Gasteiger partial charge in [-0.15, -0.1) is 0 Å². The zero-order chi connectivity index (χ0) is 27.3. The molecule has 2 aliphatic rings. The molecule has 0 aromatic heterocycles. The van der Waals surface area contributed by atoms with Gasteiger partial charge in [-0.25, -0.2) is 0 Å². The highest BCUT2D eigenvalue weighted by Gasteiger charge is 2.31. The summed E-state index contributed by atoms with van der Waals surface area (Å²) in [5.74, 6) is -0.812. The zero-order valence-electron chi connectivity index (χ0n) is 20.1. The number of nitrogens with one attached hydrogen (secondary N) is 1. The average molecular weight is 524 g/mol. The van der Waals surface area contributed by atoms with Crippen LogP contribution >= 0.6 is 0 Å². The van der Waals surface area contributed by atoms with E-state index in [9.17, 15) is 33.3 Å². The number of non-ortho nitro benzene ring substituents is 1. The first-order chi connectivity index (χ1) is 18.2. The van der Waals surface area contributed by atoms with Crippen LogP contribution in [0.3, 0.4) is 0 Å². The molecule has 1 amide bonds. The van der Waals surface area contributed by atoms with Crippen molar-refractivity contribution in [3.05, 3.63) is 98.3 Å². The number of carbonyl (C=O) groups is 1. The number of amides is 1. The minimum Gasteiger partial charge on any atom is -0.378 e. The number of carbonyl (C=O) groups excluding carboxylic acids is 1. The minimum atomic E-state index is -4.57. The molecule has 1 fully saturated rings. The van der Waals surface area contributed by atoms with Crippen LogP contribution in [-0.4, -0.2) is 42.0 Å². The number of alkyl halides is 3. The lowest BCUT2D eigenvalue weighted by atomic mass is 10.1. The van der Waals surface area contributed by atoms with E-state index in [1.807, 2.05) is 12.1 Å². The fourth-order valence-corrected chi connectivity index (χ4v) is 4.37. The quantitative estimate of drug-likeness (QED) is 0.233. The topological polar surface area (TPSA) is 108 Å². The number of rotatable bonds is 6. The third-order valence-electron chi connectivity index (χ3n) is 6.18. The Balaban J connectivity index is 1.66. The van der Waals surface area contributed by atoms with Gasteiger partial charge in [0.05, 0.1) is 23.7 Å². The van der Waals surface area contributed by atoms with Crippen molar-refractivity contribution in [2.75, 3.05) is 31.6 Å². The first kappa shape index (κ1) is 26.6. The number of halogens is 3. The van der Waals surface area contributed by atoms with Gasteiger partial charge in [-0.1, -0.05) is 6.07 Å². The van der Waals surface area contributed by atoms with Gasteiger partial charge in [0.15, 0.2) is 0 Å². The first-order valence-corrected chi connectivity index (χ1v) is 11.8. The molecule has 4 rings (SSSR count). The summed E-state index contributed by atoms with van der Waals surface area (Å²) in [6.07, 6.45) is -0.0196. The maximum Gasteiger partial charge on any atom is 0.416 e. The second-order valence-electron chi connectivity index (χ2n) is 8.69. The van der Waals surface area contributed by atoms with Gasteiger partial charge >= 0.3 is 6.18 Å². The number of nitro groups is 1. The molecule has 0 bridgehead atoms. The standard InChI is InChI=1S/C27H23F3N4O4/c28-27(29,30)22-2-1-3-23(16-22)32-26(35)21(17-31)15-20-7-6-19(25(20)33-10-12-38-13-11-33)14-18-4-8-24(9-5-18)34(36)37/h1-5,8-9,14-16H,6-7,10-13H2,(H,32,35)/b19-14-,21-15?. The molecule has 1 aliphatic heterocycles. The van der Waals surface area contributed by atoms with Crippen LogP contribution in [0, 0.1) is 21.4 Å². The van der Waals surface area contributed by atoms with Gasteiger partial charge in [0, 0.05) is 36.6 Å². The number of nitro benzene ring substituents is 1. The van der Waals surface area contributed by atoms with Crippen molar-refractivity contribution in [2.24, 2.45) is 0 Å². The van der Waals surface area contributed by atoms with Crippen LogP contribution in [0.1, 0.15) is 24.0 Å². The van der Waals surface area contributed by atoms with Gasteiger partial charge in [0.2, 0.25) is 0 Å². The average Bonchev–Trinajstić information content (AvgIpc) is 3.29. The lowest BCUT2D eigenvalue weighted by Gasteiger charge is -2.31. The van der Waals surface area contributed by atoms with E-state index in [0.717, 1.165) is 34.5 Å². The van der Waals surface area contributed by atoms with Crippen LogP contribution in [0.15, 0.2) is 77.0 Å². The number of nitrogens with zero attached hydrogens (tertiary/aromatic N) is 3. The van der Waals surface area contributed by atoms with Gasteiger partial charge < -0.3 is 15.0 Å². The number of ether oxygens (including phenoxy) is 1. The van der Waals surface area contributed by atoms with Crippen LogP contribution < -0.4 is 5.32 Å². The van der Waals surface area contributed by atoms with Crippen molar-refractivity contribution in [2.45, 2.75) is 19.0 Å². The number of allylic oxidation sites excluding steroid dienone is 3. The number of nitriles is 1. The minimum absolute atomic E-state index is 0.0171. The Bertz CT molecular complexity index is 1370. The monoisotopic (exact) mass is 524 g/mol. The fourth-order valence-electron chi connectivity index (χ4n) is 4.37. The van der Waals surface area contributed by atoms with Crippen molar-refractivity contribution >= 4 is 23.4 Å². The largest absolute Gasteiger partial charge is 0.416 e. The van der Waals surface area contributed by atoms with E-state index in [1.165, 1.54) is 30.3 Å². The molecule has 0 radical (unpaired) electrons. The molecular weight excluding hydrogens is 501 g/mol. The summed E-state index contributed by atoms with van der Waals surface area (Å²) in [7, 11) is 0. The highest BCUT2D eigenvalue weighted by Crippen LogP contribution is 2.37. The second-order valence-corrected chi connectivity index (χ2v) is 8.69. The predicted octanol–water partition coefficient (Wildman–Crippen LogP) is 5.47. The summed E-state index contributed by atoms with van der Waals surface area (Å²) in [6.45, 7) is 2.21. The van der Waals surface area contributed by atoms with Crippen molar-refractivity contribution < 1.29 is 27.6 Å². The molecule has 8 nitrogen and oxygen atoms in total. The van der Waals surface area contributed by atoms with E-state index in [0.29, 0.717) is 39.1 Å². The Morgan fingerprint density at radius 1 is 1.13 bits per heavy atom. The number of hydrogen-bond donors (Lipinski definition) is 1. The van der Waals surface area contributed by atoms with E-state index < -0.39 is 22.6 Å². The molecule has 0 spiro atoms. The van der Waals surface area contributed by atoms with Crippen molar-refractivity contribution in [3.63, 3.8) is 0 Å². The van der Waals surface area contributed by atoms with Gasteiger partial charge in [-0.05, 0) is 72.0 Å². The third kappa shape index (κ3) is 6.27. The molecule has 2 aromatic rings. The molecule has 1 saturated heterocycles. The van der Waals surface area contributed by atoms with Crippen LogP contribution in [0.2, 0.25) is 0 Å². The van der Waals surface area contributed by atoms with E-state index in [1.54, 1.807) is 12.1 Å². The second kappa shape index (κ2) is 11.3. The molecule has 2 aromatic carbocycles. The molecule has 38 heavy (non-hydrogen) atoms. The van der Waals surface area contributed by atoms with Crippen molar-refractivity contribution in [3.8, 4) is 6.07 Å². The molecule has 11 heteroatoms. The smallest absolute Gasteiger partial charge is 0.378 e. The maximum absolute atomic E-state index is 13.0. The SMILES string of the molecule is N#CC(=CC1=C(N2CCOCC2)/C(=C\c2ccc([N+](=O)[O-])cc2)CC1)C(=O)Nc1cccc(C(F)(F)F)c1. The van der Waals surface area contributed by atoms with E-state index in [-0.39, 0.29) is 16.9 Å². The van der Waals surface area contributed by atoms with Gasteiger partial charge in [0.1, 0.15) is 11.6 Å². The van der Waals surface area contributed by atoms with Crippen LogP contribution in [0.5, 0.6) is 0 Å². The van der Waals surface area contributed by atoms with Gasteiger partial charge in [0.25, 0.3) is 11.6 Å². The van der Waals surface area contributed by atoms with E-state index >= 15 is 0 Å². The van der Waals surface area contributed by atoms with Gasteiger partial charge in [-0.3, -0.25) is 14.9 Å². The lowest BCUT2D eigenvalue weighted by molar-refractivity contribution is -0.384. The summed E-state index contributed by atoms with van der Waals surface area (Å²) in [6, 6.07) is 12.2. The van der Waals surface area contributed by atoms with Crippen molar-refractivity contribution in [1.82, 2.24) is 4.90 Å². The summed E-state index contributed by atoms with van der Waals surface area (Å²) >= 11 is 0. The highest BCUT2D eigenvalue weighted by molar-refractivity contribution is 6.07. The number of benzene rings is 2. The lowest BCUT2D eigenvalue weighted by Crippen LogP contribution is -2.36. The number of anilines is 1. The van der Waals surface area contributed by atoms with E-state index in [4.69, 9.17) is 4.74 Å². The maximum atomic E-state index is 13.0. The molecule has 0 unspecified atom stereocenters. The molecule has 196 valence electrons. The molecule has 0 atom stereocenters.